The van der Waals surface area contributed by atoms with Crippen LogP contribution in [0.1, 0.15) is 41.6 Å². The van der Waals surface area contributed by atoms with Crippen LogP contribution in [0.2, 0.25) is 0 Å². The van der Waals surface area contributed by atoms with Crippen LogP contribution < -0.4 is 10.6 Å². The number of amides is 2. The summed E-state index contributed by atoms with van der Waals surface area (Å²) in [6.45, 7) is 2.34. The first-order valence-electron chi connectivity index (χ1n) is 6.95. The van der Waals surface area contributed by atoms with Crippen LogP contribution in [0.4, 0.5) is 10.5 Å². The number of urea groups is 1. The number of hydrogen-bond donors (Lipinski definition) is 3. The lowest BCUT2D eigenvalue weighted by atomic mass is 9.83. The van der Waals surface area contributed by atoms with Gasteiger partial charge < -0.3 is 15.7 Å². The Labute approximate surface area is 118 Å². The van der Waals surface area contributed by atoms with E-state index in [2.05, 4.69) is 10.6 Å². The van der Waals surface area contributed by atoms with Crippen LogP contribution in [0, 0.1) is 12.8 Å². The highest BCUT2D eigenvalue weighted by Crippen LogP contribution is 2.28. The van der Waals surface area contributed by atoms with Crippen LogP contribution in [-0.2, 0) is 0 Å². The molecule has 1 saturated carbocycles. The first kappa shape index (κ1) is 14.4. The Kier molecular flexibility index (Phi) is 4.61. The fourth-order valence-corrected chi connectivity index (χ4v) is 2.39. The molecule has 0 spiro atoms. The van der Waals surface area contributed by atoms with E-state index in [1.54, 1.807) is 25.1 Å². The number of hydrogen-bond acceptors (Lipinski definition) is 2. The molecule has 2 rings (SSSR count). The lowest BCUT2D eigenvalue weighted by Gasteiger charge is -2.25. The van der Waals surface area contributed by atoms with Crippen molar-refractivity contribution in [2.24, 2.45) is 5.92 Å². The molecular formula is C15H20N2O3. The van der Waals surface area contributed by atoms with Gasteiger partial charge in [-0.05, 0) is 30.9 Å². The molecule has 1 aromatic rings. The predicted octanol–water partition coefficient (Wildman–Crippen LogP) is 3.00. The third kappa shape index (κ3) is 3.50. The number of carboxylic acid groups (broad SMARTS) is 1. The Bertz CT molecular complexity index is 510. The first-order valence-corrected chi connectivity index (χ1v) is 6.95. The van der Waals surface area contributed by atoms with E-state index in [1.165, 1.54) is 19.3 Å². The maximum atomic E-state index is 11.8. The maximum Gasteiger partial charge on any atom is 0.338 e. The van der Waals surface area contributed by atoms with Crippen molar-refractivity contribution in [1.82, 2.24) is 5.32 Å². The first-order chi connectivity index (χ1) is 9.58. The summed E-state index contributed by atoms with van der Waals surface area (Å²) in [6, 6.07) is 4.69. The third-order valence-electron chi connectivity index (χ3n) is 3.80. The Balaban J connectivity index is 1.90. The van der Waals surface area contributed by atoms with Crippen LogP contribution in [0.15, 0.2) is 18.2 Å². The largest absolute Gasteiger partial charge is 0.478 e. The van der Waals surface area contributed by atoms with Crippen LogP contribution in [0.3, 0.4) is 0 Å². The van der Waals surface area contributed by atoms with Crippen molar-refractivity contribution in [2.45, 2.75) is 32.6 Å². The molecule has 0 unspecified atom stereocenters. The highest BCUT2D eigenvalue weighted by Gasteiger charge is 2.18. The number of carbonyl (C=O) groups is 2. The molecule has 0 bridgehead atoms. The van der Waals surface area contributed by atoms with E-state index in [1.807, 2.05) is 0 Å². The van der Waals surface area contributed by atoms with Crippen molar-refractivity contribution in [3.05, 3.63) is 29.3 Å². The van der Waals surface area contributed by atoms with Crippen molar-refractivity contribution in [2.75, 3.05) is 11.9 Å². The highest BCUT2D eigenvalue weighted by molar-refractivity contribution is 6.01. The SMILES string of the molecule is Cc1cccc(NC(=O)NCCC2CCC2)c1C(=O)O. The van der Waals surface area contributed by atoms with Gasteiger partial charge in [0.25, 0.3) is 0 Å². The summed E-state index contributed by atoms with van der Waals surface area (Å²) >= 11 is 0. The summed E-state index contributed by atoms with van der Waals surface area (Å²) in [4.78, 5) is 23.0. The van der Waals surface area contributed by atoms with E-state index in [0.29, 0.717) is 17.8 Å². The summed E-state index contributed by atoms with van der Waals surface area (Å²) in [5.41, 5.74) is 1.10. The molecule has 0 heterocycles. The number of nitrogens with one attached hydrogen (secondary N) is 2. The van der Waals surface area contributed by atoms with Crippen LogP contribution in [-0.4, -0.2) is 23.7 Å². The van der Waals surface area contributed by atoms with Crippen LogP contribution in [0.5, 0.6) is 0 Å². The Hall–Kier alpha value is -2.04. The Morgan fingerprint density at radius 1 is 1.35 bits per heavy atom. The lowest BCUT2D eigenvalue weighted by Crippen LogP contribution is -2.32. The van der Waals surface area contributed by atoms with E-state index in [9.17, 15) is 14.7 Å². The summed E-state index contributed by atoms with van der Waals surface area (Å²) in [6.07, 6.45) is 4.80. The molecule has 0 aromatic heterocycles. The number of carboxylic acids is 1. The number of aromatic carboxylic acids is 1. The lowest BCUT2D eigenvalue weighted by molar-refractivity contribution is 0.0697. The van der Waals surface area contributed by atoms with Gasteiger partial charge in [-0.15, -0.1) is 0 Å². The number of benzene rings is 1. The molecule has 0 aliphatic heterocycles. The minimum absolute atomic E-state index is 0.140. The van der Waals surface area contributed by atoms with E-state index in [-0.39, 0.29) is 11.6 Å². The zero-order chi connectivity index (χ0) is 14.5. The zero-order valence-electron chi connectivity index (χ0n) is 11.6. The molecule has 1 aliphatic carbocycles. The van der Waals surface area contributed by atoms with Gasteiger partial charge in [-0.1, -0.05) is 31.4 Å². The maximum absolute atomic E-state index is 11.8. The highest BCUT2D eigenvalue weighted by atomic mass is 16.4. The molecule has 2 amide bonds. The van der Waals surface area contributed by atoms with E-state index in [4.69, 9.17) is 0 Å². The number of rotatable bonds is 5. The summed E-state index contributed by atoms with van der Waals surface area (Å²) in [5, 5.41) is 14.6. The van der Waals surface area contributed by atoms with E-state index < -0.39 is 5.97 Å². The second-order valence-electron chi connectivity index (χ2n) is 5.27. The fourth-order valence-electron chi connectivity index (χ4n) is 2.39. The van der Waals surface area contributed by atoms with Gasteiger partial charge in [0, 0.05) is 6.54 Å². The molecule has 5 nitrogen and oxygen atoms in total. The van der Waals surface area contributed by atoms with Gasteiger partial charge in [0.05, 0.1) is 11.3 Å². The van der Waals surface area contributed by atoms with Crippen molar-refractivity contribution < 1.29 is 14.7 Å². The number of anilines is 1. The van der Waals surface area contributed by atoms with Gasteiger partial charge in [0.2, 0.25) is 0 Å². The smallest absolute Gasteiger partial charge is 0.338 e. The molecule has 20 heavy (non-hydrogen) atoms. The monoisotopic (exact) mass is 276 g/mol. The molecule has 3 N–H and O–H groups in total. The topological polar surface area (TPSA) is 78.4 Å². The van der Waals surface area contributed by atoms with Crippen molar-refractivity contribution >= 4 is 17.7 Å². The van der Waals surface area contributed by atoms with Gasteiger partial charge in [-0.2, -0.15) is 0 Å². The van der Waals surface area contributed by atoms with Gasteiger partial charge in [-0.25, -0.2) is 9.59 Å². The average molecular weight is 276 g/mol. The summed E-state index contributed by atoms with van der Waals surface area (Å²) < 4.78 is 0. The Morgan fingerprint density at radius 2 is 2.10 bits per heavy atom. The van der Waals surface area contributed by atoms with Crippen molar-refractivity contribution in [1.29, 1.82) is 0 Å². The zero-order valence-corrected chi connectivity index (χ0v) is 11.6. The molecule has 0 atom stereocenters. The number of carbonyl (C=O) groups excluding carboxylic acids is 1. The van der Waals surface area contributed by atoms with E-state index in [0.717, 1.165) is 12.3 Å². The van der Waals surface area contributed by atoms with Gasteiger partial charge in [0.15, 0.2) is 0 Å². The minimum atomic E-state index is -1.03. The van der Waals surface area contributed by atoms with Crippen LogP contribution in [0.25, 0.3) is 0 Å². The minimum Gasteiger partial charge on any atom is -0.478 e. The molecule has 0 saturated heterocycles. The molecule has 1 aromatic carbocycles. The summed E-state index contributed by atoms with van der Waals surface area (Å²) in [5.74, 6) is -0.295. The molecular weight excluding hydrogens is 256 g/mol. The molecule has 5 heteroatoms. The van der Waals surface area contributed by atoms with Gasteiger partial charge in [0.1, 0.15) is 0 Å². The van der Waals surface area contributed by atoms with Crippen LogP contribution >= 0.6 is 0 Å². The van der Waals surface area contributed by atoms with Crippen molar-refractivity contribution in [3.63, 3.8) is 0 Å². The molecule has 1 aliphatic rings. The molecule has 108 valence electrons. The van der Waals surface area contributed by atoms with E-state index >= 15 is 0 Å². The fraction of sp³-hybridized carbons (Fsp3) is 0.467. The molecule has 1 fully saturated rings. The average Bonchev–Trinajstić information content (AvgIpc) is 2.32. The van der Waals surface area contributed by atoms with Gasteiger partial charge in [-0.3, -0.25) is 0 Å². The normalized spacial score (nSPS) is 14.4. The third-order valence-corrected chi connectivity index (χ3v) is 3.80. The summed E-state index contributed by atoms with van der Waals surface area (Å²) in [7, 11) is 0. The quantitative estimate of drug-likeness (QED) is 0.773. The molecule has 0 radical (unpaired) electrons. The standard InChI is InChI=1S/C15H20N2O3/c1-10-4-2-7-12(13(10)14(18)19)17-15(20)16-9-8-11-5-3-6-11/h2,4,7,11H,3,5-6,8-9H2,1H3,(H,18,19)(H2,16,17,20). The second-order valence-corrected chi connectivity index (χ2v) is 5.27. The Morgan fingerprint density at radius 3 is 2.70 bits per heavy atom. The number of aryl methyl sites for hydroxylation is 1. The second kappa shape index (κ2) is 6.41. The predicted molar refractivity (Wildman–Crippen MR) is 77.1 cm³/mol. The van der Waals surface area contributed by atoms with Gasteiger partial charge >= 0.3 is 12.0 Å². The van der Waals surface area contributed by atoms with Crippen molar-refractivity contribution in [3.8, 4) is 0 Å².